The molecule has 1 atom stereocenters. The quantitative estimate of drug-likeness (QED) is 0.449. The van der Waals surface area contributed by atoms with E-state index in [0.717, 1.165) is 13.0 Å². The van der Waals surface area contributed by atoms with E-state index >= 15 is 0 Å². The van der Waals surface area contributed by atoms with Crippen LogP contribution in [0.15, 0.2) is 0 Å². The van der Waals surface area contributed by atoms with Crippen LogP contribution in [0.4, 0.5) is 0 Å². The van der Waals surface area contributed by atoms with E-state index in [1.807, 2.05) is 18.7 Å². The van der Waals surface area contributed by atoms with Gasteiger partial charge in [-0.3, -0.25) is 0 Å². The van der Waals surface area contributed by atoms with E-state index in [4.69, 9.17) is 4.74 Å². The van der Waals surface area contributed by atoms with Gasteiger partial charge in [0.05, 0.1) is 6.10 Å². The van der Waals surface area contributed by atoms with Crippen LogP contribution in [0.5, 0.6) is 0 Å². The molecule has 0 spiro atoms. The lowest BCUT2D eigenvalue weighted by Crippen LogP contribution is -2.00. The lowest BCUT2D eigenvalue weighted by molar-refractivity contribution is 0.115. The summed E-state index contributed by atoms with van der Waals surface area (Å²) in [7, 11) is 3.41. The Bertz CT molecular complexity index is 84.3. The van der Waals surface area contributed by atoms with E-state index in [9.17, 15) is 0 Å². The summed E-state index contributed by atoms with van der Waals surface area (Å²) in [6.07, 6.45) is 6.23. The molecule has 26 heavy (non-hydrogen) atoms. The van der Waals surface area contributed by atoms with Crippen LogP contribution in [-0.4, -0.2) is 38.9 Å². The first-order chi connectivity index (χ1) is 8.55. The summed E-state index contributed by atoms with van der Waals surface area (Å²) in [4.78, 5) is 0. The minimum absolute atomic E-state index is 0. The summed E-state index contributed by atoms with van der Waals surface area (Å²) in [5, 5.41) is 0. The minimum atomic E-state index is 0. The standard InChI is InChI=1S/C5H12O.C4H10S.C3H8O.C3H8.8CH4/c1-4-5(2)6-3;1-3-4-5-2;1-3-4-2;1-3-2;;;;;;;;/h5H,4H2,1-3H3;3-4H2,1-2H3;3H2,1-2H3;3H2,1-2H3;8*1H4. The van der Waals surface area contributed by atoms with Gasteiger partial charge in [0.1, 0.15) is 0 Å². The number of ether oxygens (including phenoxy) is 2. The fourth-order valence-electron chi connectivity index (χ4n) is 0.371. The highest BCUT2D eigenvalue weighted by Crippen LogP contribution is 1.91. The fourth-order valence-corrected chi connectivity index (χ4v) is 0.779. The topological polar surface area (TPSA) is 18.5 Å². The summed E-state index contributed by atoms with van der Waals surface area (Å²) in [5.74, 6) is 1.31. The van der Waals surface area contributed by atoms with Crippen LogP contribution in [0.3, 0.4) is 0 Å². The van der Waals surface area contributed by atoms with Crippen molar-refractivity contribution in [2.24, 2.45) is 0 Å². The summed E-state index contributed by atoms with van der Waals surface area (Å²) in [5.41, 5.74) is 0. The van der Waals surface area contributed by atoms with Crippen molar-refractivity contribution in [3.8, 4) is 0 Å². The normalized spacial score (nSPS) is 6.81. The highest BCUT2D eigenvalue weighted by molar-refractivity contribution is 7.98. The predicted octanol–water partition coefficient (Wildman–Crippen LogP) is 10.3. The van der Waals surface area contributed by atoms with Crippen LogP contribution in [0, 0.1) is 0 Å². The number of hydrogen-bond acceptors (Lipinski definition) is 3. The molecule has 0 saturated carbocycles. The highest BCUT2D eigenvalue weighted by Gasteiger charge is 1.88. The zero-order chi connectivity index (χ0) is 15.2. The van der Waals surface area contributed by atoms with Gasteiger partial charge in [-0.25, -0.2) is 0 Å². The molecule has 0 amide bonds. The smallest absolute Gasteiger partial charge is 0.0540 e. The molecule has 3 heteroatoms. The molecule has 0 aliphatic carbocycles. The van der Waals surface area contributed by atoms with Crippen molar-refractivity contribution < 1.29 is 9.47 Å². The van der Waals surface area contributed by atoms with Gasteiger partial charge in [0.25, 0.3) is 0 Å². The van der Waals surface area contributed by atoms with Crippen LogP contribution in [0.25, 0.3) is 0 Å². The predicted molar refractivity (Wildman–Crippen MR) is 143 cm³/mol. The van der Waals surface area contributed by atoms with Crippen LogP contribution in [-0.2, 0) is 9.47 Å². The van der Waals surface area contributed by atoms with Crippen LogP contribution >= 0.6 is 11.8 Å². The van der Waals surface area contributed by atoms with Crippen LogP contribution in [0.1, 0.15) is 120 Å². The Kier molecular flexibility index (Phi) is 371. The molecule has 2 nitrogen and oxygen atoms in total. The molecule has 0 saturated heterocycles. The third kappa shape index (κ3) is 249. The van der Waals surface area contributed by atoms with E-state index < -0.39 is 0 Å². The van der Waals surface area contributed by atoms with E-state index in [0.29, 0.717) is 6.10 Å². The lowest BCUT2D eigenvalue weighted by atomic mass is 10.3. The minimum Gasteiger partial charge on any atom is -0.385 e. The molecule has 0 radical (unpaired) electrons. The molecule has 0 aliphatic heterocycles. The van der Waals surface area contributed by atoms with Crippen molar-refractivity contribution in [2.75, 3.05) is 32.8 Å². The molecular formula is C23H70O2S. The van der Waals surface area contributed by atoms with Gasteiger partial charge in [-0.05, 0) is 38.7 Å². The first kappa shape index (κ1) is 82.4. The number of methoxy groups -OCH3 is 2. The first-order valence-corrected chi connectivity index (χ1v) is 8.45. The Morgan fingerprint density at radius 3 is 1.00 bits per heavy atom. The fraction of sp³-hybridized carbons (Fsp3) is 1.00. The summed E-state index contributed by atoms with van der Waals surface area (Å²) < 4.78 is 9.44. The molecule has 0 rings (SSSR count). The van der Waals surface area contributed by atoms with Crippen molar-refractivity contribution >= 4 is 11.8 Å². The molecule has 0 bridgehead atoms. The van der Waals surface area contributed by atoms with Crippen LogP contribution < -0.4 is 0 Å². The van der Waals surface area contributed by atoms with Gasteiger partial charge in [-0.2, -0.15) is 11.8 Å². The van der Waals surface area contributed by atoms with Crippen molar-refractivity contribution in [3.05, 3.63) is 0 Å². The molecule has 0 N–H and O–H groups in total. The molecule has 180 valence electrons. The average molecular weight is 411 g/mol. The number of hydrogen-bond donors (Lipinski definition) is 0. The lowest BCUT2D eigenvalue weighted by Gasteiger charge is -2.01. The van der Waals surface area contributed by atoms with Gasteiger partial charge >= 0.3 is 0 Å². The molecule has 0 fully saturated rings. The SMILES string of the molecule is C.C.C.C.C.C.C.C.CCC.CCC(C)OC.CCCSC.CCOC. The molecular weight excluding hydrogens is 340 g/mol. The Hall–Kier alpha value is 0.270. The van der Waals surface area contributed by atoms with Crippen molar-refractivity contribution in [2.45, 2.75) is 126 Å². The second-order valence-corrected chi connectivity index (χ2v) is 4.72. The maximum absolute atomic E-state index is 4.90. The van der Waals surface area contributed by atoms with E-state index in [2.05, 4.69) is 45.6 Å². The maximum Gasteiger partial charge on any atom is 0.0540 e. The summed E-state index contributed by atoms with van der Waals surface area (Å²) in [6.45, 7) is 13.4. The maximum atomic E-state index is 4.90. The van der Waals surface area contributed by atoms with E-state index in [1.165, 1.54) is 18.6 Å². The zero-order valence-electron chi connectivity index (χ0n) is 14.3. The van der Waals surface area contributed by atoms with Crippen LogP contribution in [0.2, 0.25) is 0 Å². The second-order valence-electron chi connectivity index (χ2n) is 3.73. The van der Waals surface area contributed by atoms with Crippen molar-refractivity contribution in [3.63, 3.8) is 0 Å². The second kappa shape index (κ2) is 117. The molecule has 0 aromatic heterocycles. The first-order valence-electron chi connectivity index (χ1n) is 7.06. The van der Waals surface area contributed by atoms with E-state index in [1.54, 1.807) is 14.2 Å². The third-order valence-corrected chi connectivity index (χ3v) is 2.49. The Balaban J connectivity index is -0.00000000929. The Morgan fingerprint density at radius 2 is 1.00 bits per heavy atom. The van der Waals surface area contributed by atoms with E-state index in [-0.39, 0.29) is 59.4 Å². The zero-order valence-corrected chi connectivity index (χ0v) is 15.2. The average Bonchev–Trinajstić information content (AvgIpc) is 2.40. The van der Waals surface area contributed by atoms with Gasteiger partial charge in [-0.15, -0.1) is 0 Å². The molecule has 0 heterocycles. The monoisotopic (exact) mass is 411 g/mol. The number of thioether (sulfide) groups is 1. The van der Waals surface area contributed by atoms with Gasteiger partial charge in [0.2, 0.25) is 0 Å². The van der Waals surface area contributed by atoms with Crippen molar-refractivity contribution in [1.29, 1.82) is 0 Å². The third-order valence-electron chi connectivity index (χ3n) is 1.67. The summed E-state index contributed by atoms with van der Waals surface area (Å²) in [6, 6.07) is 0. The number of rotatable bonds is 5. The molecule has 1 unspecified atom stereocenters. The molecule has 0 aliphatic rings. The summed E-state index contributed by atoms with van der Waals surface area (Å²) >= 11 is 1.90. The van der Waals surface area contributed by atoms with Gasteiger partial charge in [-0.1, -0.05) is 93.5 Å². The largest absolute Gasteiger partial charge is 0.385 e. The Morgan fingerprint density at radius 1 is 0.731 bits per heavy atom. The van der Waals surface area contributed by atoms with Crippen molar-refractivity contribution in [1.82, 2.24) is 0 Å². The highest BCUT2D eigenvalue weighted by atomic mass is 32.2. The van der Waals surface area contributed by atoms with Gasteiger partial charge in [0.15, 0.2) is 0 Å². The Labute approximate surface area is 180 Å². The molecule has 0 aromatic rings. The van der Waals surface area contributed by atoms with Gasteiger partial charge in [0, 0.05) is 20.8 Å². The molecule has 0 aromatic carbocycles. The van der Waals surface area contributed by atoms with Gasteiger partial charge < -0.3 is 9.47 Å².